The van der Waals surface area contributed by atoms with Crippen molar-refractivity contribution in [3.8, 4) is 0 Å². The van der Waals surface area contributed by atoms with Crippen molar-refractivity contribution in [2.24, 2.45) is 0 Å². The molecule has 0 unspecified atom stereocenters. The fourth-order valence-corrected chi connectivity index (χ4v) is 2.70. The molecule has 0 aromatic rings. The quantitative estimate of drug-likeness (QED) is 0.0749. The van der Waals surface area contributed by atoms with E-state index in [1.807, 2.05) is 0 Å². The van der Waals surface area contributed by atoms with Gasteiger partial charge >= 0.3 is 11.9 Å². The van der Waals surface area contributed by atoms with Crippen molar-refractivity contribution in [2.75, 3.05) is 152 Å². The van der Waals surface area contributed by atoms with E-state index in [2.05, 4.69) is 0 Å². The molecular formula is C27H52O15. The smallest absolute Gasteiger partial charge is 0.305 e. The van der Waals surface area contributed by atoms with Gasteiger partial charge in [0.2, 0.25) is 0 Å². The Morgan fingerprint density at radius 3 is 0.738 bits per heavy atom. The Bertz CT molecular complexity index is 520. The minimum atomic E-state index is -0.877. The van der Waals surface area contributed by atoms with Crippen molar-refractivity contribution >= 4 is 11.9 Å². The van der Waals surface area contributed by atoms with Crippen LogP contribution in [0.3, 0.4) is 0 Å². The first-order valence-corrected chi connectivity index (χ1v) is 14.3. The van der Waals surface area contributed by atoms with Crippen LogP contribution in [0.5, 0.6) is 0 Å². The summed E-state index contributed by atoms with van der Waals surface area (Å²) in [4.78, 5) is 20.9. The zero-order valence-electron chi connectivity index (χ0n) is 25.1. The van der Waals surface area contributed by atoms with E-state index in [0.717, 1.165) is 0 Å². The molecule has 0 aromatic heterocycles. The maximum Gasteiger partial charge on any atom is 0.305 e. The van der Waals surface area contributed by atoms with Crippen molar-refractivity contribution in [3.63, 3.8) is 0 Å². The molecule has 0 aliphatic carbocycles. The number of ether oxygens (including phenoxy) is 12. The average Bonchev–Trinajstić information content (AvgIpc) is 2.96. The largest absolute Gasteiger partial charge is 0.481 e. The second-order valence-electron chi connectivity index (χ2n) is 8.22. The van der Waals surface area contributed by atoms with Gasteiger partial charge in [0.05, 0.1) is 152 Å². The maximum absolute atomic E-state index is 10.6. The number of esters is 1. The third-order valence-corrected chi connectivity index (χ3v) is 4.71. The molecule has 15 nitrogen and oxygen atoms in total. The second kappa shape index (κ2) is 35.7. The van der Waals surface area contributed by atoms with Gasteiger partial charge in [-0.05, 0) is 0 Å². The molecule has 0 heterocycles. The molecule has 250 valence electrons. The molecule has 0 atom stereocenters. The highest BCUT2D eigenvalue weighted by molar-refractivity contribution is 5.66. The lowest BCUT2D eigenvalue weighted by molar-refractivity contribution is -0.142. The molecule has 42 heavy (non-hydrogen) atoms. The van der Waals surface area contributed by atoms with Gasteiger partial charge in [0.15, 0.2) is 0 Å². The van der Waals surface area contributed by atoms with Gasteiger partial charge in [-0.25, -0.2) is 0 Å². The van der Waals surface area contributed by atoms with Gasteiger partial charge in [-0.3, -0.25) is 9.59 Å². The van der Waals surface area contributed by atoms with Crippen LogP contribution < -0.4 is 0 Å². The highest BCUT2D eigenvalue weighted by Crippen LogP contribution is 1.88. The number of carboxylic acid groups (broad SMARTS) is 1. The Balaban J connectivity index is 3.04. The lowest BCUT2D eigenvalue weighted by Crippen LogP contribution is -2.15. The maximum atomic E-state index is 10.6. The zero-order chi connectivity index (χ0) is 30.6. The molecular weight excluding hydrogens is 564 g/mol. The molecule has 1 N–H and O–H groups in total. The van der Waals surface area contributed by atoms with Crippen molar-refractivity contribution in [1.29, 1.82) is 0 Å². The van der Waals surface area contributed by atoms with E-state index in [0.29, 0.717) is 139 Å². The van der Waals surface area contributed by atoms with Crippen LogP contribution in [0.15, 0.2) is 0 Å². The predicted molar refractivity (Wildman–Crippen MR) is 148 cm³/mol. The van der Waals surface area contributed by atoms with Crippen LogP contribution in [0, 0.1) is 0 Å². The number of rotatable bonds is 36. The summed E-state index contributed by atoms with van der Waals surface area (Å²) in [6.45, 7) is 11.4. The van der Waals surface area contributed by atoms with Gasteiger partial charge in [0.25, 0.3) is 0 Å². The molecule has 0 rings (SSSR count). The van der Waals surface area contributed by atoms with Crippen LogP contribution in [0.2, 0.25) is 0 Å². The number of hydrogen-bond acceptors (Lipinski definition) is 14. The van der Waals surface area contributed by atoms with E-state index < -0.39 is 5.97 Å². The highest BCUT2D eigenvalue weighted by atomic mass is 16.6. The third-order valence-electron chi connectivity index (χ3n) is 4.71. The molecule has 15 heteroatoms. The Labute approximate surface area is 249 Å². The fourth-order valence-electron chi connectivity index (χ4n) is 2.70. The van der Waals surface area contributed by atoms with Crippen molar-refractivity contribution in [2.45, 2.75) is 13.3 Å². The molecule has 0 amide bonds. The van der Waals surface area contributed by atoms with E-state index in [-0.39, 0.29) is 25.6 Å². The van der Waals surface area contributed by atoms with Gasteiger partial charge in [-0.1, -0.05) is 0 Å². The lowest BCUT2D eigenvalue weighted by atomic mass is 10.5. The summed E-state index contributed by atoms with van der Waals surface area (Å²) < 4.78 is 63.7. The first-order chi connectivity index (χ1) is 20.6. The van der Waals surface area contributed by atoms with Gasteiger partial charge in [-0.15, -0.1) is 0 Å². The van der Waals surface area contributed by atoms with Crippen LogP contribution in [-0.4, -0.2) is 169 Å². The summed E-state index contributed by atoms with van der Waals surface area (Å²) in [6.07, 6.45) is -0.00483. The first-order valence-electron chi connectivity index (χ1n) is 14.3. The molecule has 0 radical (unpaired) electrons. The van der Waals surface area contributed by atoms with Gasteiger partial charge in [0.1, 0.15) is 6.61 Å². The standard InChI is InChI=1S/C27H52O15/c1-26(28)42-25-24-41-23-22-40-21-20-39-19-18-38-17-16-37-15-14-36-13-12-35-11-10-34-9-8-33-7-6-32-5-4-31-3-2-27(29)30/h2-25H2,1H3,(H,29,30). The summed E-state index contributed by atoms with van der Waals surface area (Å²) in [5.74, 6) is -1.19. The number of aliphatic carboxylic acids is 1. The van der Waals surface area contributed by atoms with Crippen LogP contribution in [0.25, 0.3) is 0 Å². The molecule has 0 fully saturated rings. The van der Waals surface area contributed by atoms with Crippen molar-refractivity contribution in [1.82, 2.24) is 0 Å². The average molecular weight is 617 g/mol. The van der Waals surface area contributed by atoms with E-state index in [9.17, 15) is 9.59 Å². The SMILES string of the molecule is CC(=O)OCCOCCOCCOCCOCCOCCOCCOCCOCCOCCOCCOCCC(=O)O. The van der Waals surface area contributed by atoms with E-state index in [1.54, 1.807) is 0 Å². The van der Waals surface area contributed by atoms with E-state index in [4.69, 9.17) is 61.9 Å². The van der Waals surface area contributed by atoms with E-state index >= 15 is 0 Å². The summed E-state index contributed by atoms with van der Waals surface area (Å²) in [6, 6.07) is 0. The van der Waals surface area contributed by atoms with Crippen LogP contribution in [-0.2, 0) is 66.4 Å². The molecule has 0 aromatic carbocycles. The van der Waals surface area contributed by atoms with E-state index in [1.165, 1.54) is 6.92 Å². The number of carboxylic acids is 1. The Morgan fingerprint density at radius 1 is 0.357 bits per heavy atom. The molecule has 0 bridgehead atoms. The Hall–Kier alpha value is -1.50. The zero-order valence-corrected chi connectivity index (χ0v) is 25.1. The number of carbonyl (C=O) groups excluding carboxylic acids is 1. The first kappa shape index (κ1) is 40.5. The summed E-state index contributed by atoms with van der Waals surface area (Å²) in [7, 11) is 0. The van der Waals surface area contributed by atoms with Crippen molar-refractivity contribution in [3.05, 3.63) is 0 Å². The van der Waals surface area contributed by atoms with Gasteiger partial charge in [0, 0.05) is 6.92 Å². The second-order valence-corrected chi connectivity index (χ2v) is 8.22. The molecule has 0 aliphatic rings. The van der Waals surface area contributed by atoms with Gasteiger partial charge in [-0.2, -0.15) is 0 Å². The number of hydrogen-bond donors (Lipinski definition) is 1. The monoisotopic (exact) mass is 616 g/mol. The Kier molecular flexibility index (Phi) is 34.4. The molecule has 0 saturated heterocycles. The molecule has 0 saturated carbocycles. The summed E-state index contributed by atoms with van der Waals surface area (Å²) in [5, 5.41) is 8.47. The normalized spacial score (nSPS) is 11.3. The summed E-state index contributed by atoms with van der Waals surface area (Å²) >= 11 is 0. The number of carbonyl (C=O) groups is 2. The van der Waals surface area contributed by atoms with Crippen LogP contribution in [0.4, 0.5) is 0 Å². The molecule has 0 spiro atoms. The third kappa shape index (κ3) is 38.5. The summed E-state index contributed by atoms with van der Waals surface area (Å²) in [5.41, 5.74) is 0. The minimum Gasteiger partial charge on any atom is -0.481 e. The highest BCUT2D eigenvalue weighted by Gasteiger charge is 1.98. The molecule has 0 aliphatic heterocycles. The predicted octanol–water partition coefficient (Wildman–Crippen LogP) is 0.207. The Morgan fingerprint density at radius 2 is 0.548 bits per heavy atom. The van der Waals surface area contributed by atoms with Gasteiger partial charge < -0.3 is 61.9 Å². The topological polar surface area (TPSA) is 165 Å². The van der Waals surface area contributed by atoms with Crippen molar-refractivity contribution < 1.29 is 71.5 Å². The van der Waals surface area contributed by atoms with Crippen LogP contribution in [0.1, 0.15) is 13.3 Å². The fraction of sp³-hybridized carbons (Fsp3) is 0.926. The minimum absolute atomic E-state index is 0.00483. The van der Waals surface area contributed by atoms with Crippen LogP contribution >= 0.6 is 0 Å². The lowest BCUT2D eigenvalue weighted by Gasteiger charge is -2.09.